The Hall–Kier alpha value is -0.900. The van der Waals surface area contributed by atoms with Crippen molar-refractivity contribution in [3.8, 4) is 0 Å². The number of hydrogen-bond donors (Lipinski definition) is 2. The van der Waals surface area contributed by atoms with Gasteiger partial charge in [0.1, 0.15) is 5.82 Å². The molecule has 0 aromatic carbocycles. The summed E-state index contributed by atoms with van der Waals surface area (Å²) in [6.45, 7) is 2.13. The van der Waals surface area contributed by atoms with Crippen molar-refractivity contribution < 1.29 is 0 Å². The summed E-state index contributed by atoms with van der Waals surface area (Å²) >= 11 is 0. The van der Waals surface area contributed by atoms with Crippen LogP contribution < -0.4 is 5.73 Å². The molecular weight excluding hydrogens is 176 g/mol. The van der Waals surface area contributed by atoms with Crippen LogP contribution in [0.5, 0.6) is 0 Å². The largest absolute Gasteiger partial charge is 0.319 e. The van der Waals surface area contributed by atoms with Crippen molar-refractivity contribution >= 4 is 0 Å². The number of H-pyrrole nitrogens is 1. The highest BCUT2D eigenvalue weighted by atomic mass is 15.2. The van der Waals surface area contributed by atoms with E-state index in [-0.39, 0.29) is 5.54 Å². The molecular formula is C10H18N4. The minimum Gasteiger partial charge on any atom is -0.319 e. The third-order valence-electron chi connectivity index (χ3n) is 2.96. The third kappa shape index (κ3) is 1.66. The van der Waals surface area contributed by atoms with Gasteiger partial charge in [-0.25, -0.2) is 4.98 Å². The lowest BCUT2D eigenvalue weighted by Gasteiger charge is -2.18. The predicted molar refractivity (Wildman–Crippen MR) is 54.7 cm³/mol. The highest BCUT2D eigenvalue weighted by Crippen LogP contribution is 2.34. The summed E-state index contributed by atoms with van der Waals surface area (Å²) in [4.78, 5) is 4.46. The molecule has 1 saturated carbocycles. The number of nitrogens with zero attached hydrogens (tertiary/aromatic N) is 2. The van der Waals surface area contributed by atoms with Gasteiger partial charge in [0, 0.05) is 6.42 Å². The zero-order valence-electron chi connectivity index (χ0n) is 8.71. The fourth-order valence-electron chi connectivity index (χ4n) is 2.10. The van der Waals surface area contributed by atoms with E-state index in [9.17, 15) is 0 Å². The third-order valence-corrected chi connectivity index (χ3v) is 2.96. The van der Waals surface area contributed by atoms with Crippen molar-refractivity contribution in [3.05, 3.63) is 11.6 Å². The molecule has 0 saturated heterocycles. The van der Waals surface area contributed by atoms with Crippen molar-refractivity contribution in [2.45, 2.75) is 51.0 Å². The number of nitrogens with one attached hydrogen (secondary N) is 1. The molecule has 0 spiro atoms. The summed E-state index contributed by atoms with van der Waals surface area (Å²) in [7, 11) is 0. The first kappa shape index (κ1) is 9.65. The van der Waals surface area contributed by atoms with Crippen molar-refractivity contribution in [1.82, 2.24) is 15.2 Å². The van der Waals surface area contributed by atoms with Crippen LogP contribution >= 0.6 is 0 Å². The molecule has 78 valence electrons. The summed E-state index contributed by atoms with van der Waals surface area (Å²) in [5.74, 6) is 1.79. The summed E-state index contributed by atoms with van der Waals surface area (Å²) in [5.41, 5.74) is 6.00. The molecule has 1 heterocycles. The van der Waals surface area contributed by atoms with E-state index in [0.29, 0.717) is 0 Å². The Balaban J connectivity index is 2.15. The van der Waals surface area contributed by atoms with Gasteiger partial charge in [-0.3, -0.25) is 5.10 Å². The monoisotopic (exact) mass is 194 g/mol. The van der Waals surface area contributed by atoms with E-state index in [1.807, 2.05) is 0 Å². The van der Waals surface area contributed by atoms with Crippen molar-refractivity contribution in [2.75, 3.05) is 0 Å². The Morgan fingerprint density at radius 1 is 1.43 bits per heavy atom. The topological polar surface area (TPSA) is 67.6 Å². The van der Waals surface area contributed by atoms with E-state index in [4.69, 9.17) is 5.73 Å². The molecule has 4 nitrogen and oxygen atoms in total. The lowest BCUT2D eigenvalue weighted by Crippen LogP contribution is -2.34. The van der Waals surface area contributed by atoms with Gasteiger partial charge in [0.2, 0.25) is 0 Å². The average molecular weight is 194 g/mol. The lowest BCUT2D eigenvalue weighted by atomic mass is 9.99. The van der Waals surface area contributed by atoms with Crippen LogP contribution in [0.25, 0.3) is 0 Å². The maximum Gasteiger partial charge on any atom is 0.170 e. The zero-order chi connectivity index (χ0) is 10.0. The van der Waals surface area contributed by atoms with Gasteiger partial charge in [-0.15, -0.1) is 0 Å². The summed E-state index contributed by atoms with van der Waals surface area (Å²) in [5, 5.41) is 7.20. The zero-order valence-corrected chi connectivity index (χ0v) is 8.71. The van der Waals surface area contributed by atoms with Crippen LogP contribution in [0.1, 0.15) is 50.7 Å². The van der Waals surface area contributed by atoms with E-state index in [0.717, 1.165) is 37.3 Å². The van der Waals surface area contributed by atoms with Gasteiger partial charge in [-0.2, -0.15) is 5.10 Å². The maximum atomic E-state index is 6.24. The summed E-state index contributed by atoms with van der Waals surface area (Å²) in [6.07, 6.45) is 6.50. The molecule has 1 aromatic heterocycles. The van der Waals surface area contributed by atoms with E-state index >= 15 is 0 Å². The number of aromatic nitrogens is 3. The van der Waals surface area contributed by atoms with Gasteiger partial charge in [-0.05, 0) is 19.3 Å². The molecule has 0 unspecified atom stereocenters. The van der Waals surface area contributed by atoms with Crippen LogP contribution in [0, 0.1) is 0 Å². The molecule has 1 aromatic rings. The molecule has 0 atom stereocenters. The molecule has 1 aliphatic rings. The molecule has 0 radical (unpaired) electrons. The van der Waals surface area contributed by atoms with Crippen LogP contribution in [-0.4, -0.2) is 15.2 Å². The van der Waals surface area contributed by atoms with Gasteiger partial charge in [0.15, 0.2) is 5.82 Å². The van der Waals surface area contributed by atoms with Crippen LogP contribution in [0.3, 0.4) is 0 Å². The highest BCUT2D eigenvalue weighted by Gasteiger charge is 2.34. The van der Waals surface area contributed by atoms with Crippen LogP contribution in [0.4, 0.5) is 0 Å². The maximum absolute atomic E-state index is 6.24. The van der Waals surface area contributed by atoms with Gasteiger partial charge >= 0.3 is 0 Å². The lowest BCUT2D eigenvalue weighted by molar-refractivity contribution is 0.433. The van der Waals surface area contributed by atoms with Crippen LogP contribution in [0.2, 0.25) is 0 Å². The smallest absolute Gasteiger partial charge is 0.170 e. The van der Waals surface area contributed by atoms with Gasteiger partial charge in [0.05, 0.1) is 5.54 Å². The molecule has 0 bridgehead atoms. The molecule has 0 amide bonds. The normalized spacial score (nSPS) is 20.1. The van der Waals surface area contributed by atoms with Crippen LogP contribution in [0.15, 0.2) is 0 Å². The summed E-state index contributed by atoms with van der Waals surface area (Å²) < 4.78 is 0. The fraction of sp³-hybridized carbons (Fsp3) is 0.800. The first-order chi connectivity index (χ1) is 6.74. The average Bonchev–Trinajstić information content (AvgIpc) is 2.75. The summed E-state index contributed by atoms with van der Waals surface area (Å²) in [6, 6.07) is 0. The molecule has 2 rings (SSSR count). The molecule has 14 heavy (non-hydrogen) atoms. The quantitative estimate of drug-likeness (QED) is 0.766. The van der Waals surface area contributed by atoms with Gasteiger partial charge in [0.25, 0.3) is 0 Å². The van der Waals surface area contributed by atoms with Crippen molar-refractivity contribution in [2.24, 2.45) is 5.73 Å². The fourth-order valence-corrected chi connectivity index (χ4v) is 2.10. The Bertz CT molecular complexity index is 299. The Morgan fingerprint density at radius 3 is 2.79 bits per heavy atom. The van der Waals surface area contributed by atoms with Gasteiger partial charge < -0.3 is 5.73 Å². The Kier molecular flexibility index (Phi) is 2.54. The molecule has 3 N–H and O–H groups in total. The number of hydrogen-bond acceptors (Lipinski definition) is 3. The standard InChI is InChI=1S/C10H18N4/c1-2-5-8-12-9(14-13-8)10(11)6-3-4-7-10/h2-7,11H2,1H3,(H,12,13,14). The van der Waals surface area contributed by atoms with E-state index in [1.165, 1.54) is 12.8 Å². The number of rotatable bonds is 3. The molecule has 4 heteroatoms. The van der Waals surface area contributed by atoms with Gasteiger partial charge in [-0.1, -0.05) is 19.8 Å². The first-order valence-electron chi connectivity index (χ1n) is 5.45. The molecule has 0 aliphatic heterocycles. The first-order valence-corrected chi connectivity index (χ1v) is 5.45. The van der Waals surface area contributed by atoms with E-state index in [2.05, 4.69) is 22.1 Å². The minimum atomic E-state index is -0.248. The van der Waals surface area contributed by atoms with Crippen molar-refractivity contribution in [3.63, 3.8) is 0 Å². The Morgan fingerprint density at radius 2 is 2.14 bits per heavy atom. The molecule has 1 aliphatic carbocycles. The second kappa shape index (κ2) is 3.69. The number of aromatic amines is 1. The second-order valence-corrected chi connectivity index (χ2v) is 4.22. The number of nitrogens with two attached hydrogens (primary N) is 1. The van der Waals surface area contributed by atoms with E-state index in [1.54, 1.807) is 0 Å². The van der Waals surface area contributed by atoms with E-state index < -0.39 is 0 Å². The second-order valence-electron chi connectivity index (χ2n) is 4.22. The highest BCUT2D eigenvalue weighted by molar-refractivity contribution is 5.07. The minimum absolute atomic E-state index is 0.248. The molecule has 1 fully saturated rings. The van der Waals surface area contributed by atoms with Crippen molar-refractivity contribution in [1.29, 1.82) is 0 Å². The van der Waals surface area contributed by atoms with Crippen LogP contribution in [-0.2, 0) is 12.0 Å². The number of aryl methyl sites for hydroxylation is 1. The Labute approximate surface area is 84.3 Å². The predicted octanol–water partition coefficient (Wildman–Crippen LogP) is 1.49. The SMILES string of the molecule is CCCc1nc(C2(N)CCCC2)n[nH]1.